The van der Waals surface area contributed by atoms with Crippen molar-refractivity contribution in [2.24, 2.45) is 0 Å². The molecule has 0 fully saturated rings. The Morgan fingerprint density at radius 2 is 1.84 bits per heavy atom. The molecule has 8 nitrogen and oxygen atoms in total. The van der Waals surface area contributed by atoms with Crippen LogP contribution in [0.15, 0.2) is 54.6 Å². The van der Waals surface area contributed by atoms with Crippen molar-refractivity contribution >= 4 is 11.8 Å². The molecule has 2 aliphatic rings. The lowest BCUT2D eigenvalue weighted by molar-refractivity contribution is -0.125. The number of hydrogen-bond donors (Lipinski definition) is 3. The Morgan fingerprint density at radius 1 is 1.06 bits per heavy atom. The van der Waals surface area contributed by atoms with Gasteiger partial charge in [-0.3, -0.25) is 9.59 Å². The number of nitrogens with one attached hydrogen (secondary N) is 2. The summed E-state index contributed by atoms with van der Waals surface area (Å²) < 4.78 is 29.3. The van der Waals surface area contributed by atoms with E-state index in [1.807, 2.05) is 0 Å². The van der Waals surface area contributed by atoms with Crippen molar-refractivity contribution in [3.05, 3.63) is 71.6 Å². The Labute approximate surface area is 184 Å². The summed E-state index contributed by atoms with van der Waals surface area (Å²) in [7, 11) is 0. The van der Waals surface area contributed by atoms with E-state index in [1.54, 1.807) is 42.5 Å². The molecule has 0 aromatic heterocycles. The third-order valence-electron chi connectivity index (χ3n) is 5.19. The zero-order chi connectivity index (χ0) is 22.5. The molecule has 0 saturated carbocycles. The van der Waals surface area contributed by atoms with Crippen LogP contribution in [0.3, 0.4) is 0 Å². The molecule has 2 amide bonds. The standard InChI is InChI=1S/C23H23FN2O6/c24-16-4-1-14(2-5-16)11-25-22(28)10-17-6-7-18(21(12-27)32-17)26-23(29)15-3-8-19-20(9-15)31-13-30-19/h1-9,17-18,21,27H,10-13H2,(H,25,28)(H,26,29)/t17-,18+,21-/m0/s1. The Kier molecular flexibility index (Phi) is 6.67. The number of benzene rings is 2. The Hall–Kier alpha value is -3.43. The maximum Gasteiger partial charge on any atom is 0.251 e. The molecule has 9 heteroatoms. The first-order chi connectivity index (χ1) is 15.5. The highest BCUT2D eigenvalue weighted by Crippen LogP contribution is 2.32. The molecule has 0 radical (unpaired) electrons. The number of aliphatic hydroxyl groups excluding tert-OH is 1. The topological polar surface area (TPSA) is 106 Å². The quantitative estimate of drug-likeness (QED) is 0.564. The fourth-order valence-corrected chi connectivity index (χ4v) is 3.47. The minimum atomic E-state index is -0.701. The monoisotopic (exact) mass is 442 g/mol. The van der Waals surface area contributed by atoms with Gasteiger partial charge in [0.1, 0.15) is 11.9 Å². The van der Waals surface area contributed by atoms with Gasteiger partial charge in [0.25, 0.3) is 5.91 Å². The predicted octanol–water partition coefficient (Wildman–Crippen LogP) is 1.68. The van der Waals surface area contributed by atoms with Crippen molar-refractivity contribution in [2.45, 2.75) is 31.2 Å². The van der Waals surface area contributed by atoms with Gasteiger partial charge in [0.15, 0.2) is 11.5 Å². The first-order valence-electron chi connectivity index (χ1n) is 10.2. The van der Waals surface area contributed by atoms with Crippen molar-refractivity contribution in [3.63, 3.8) is 0 Å². The van der Waals surface area contributed by atoms with Crippen molar-refractivity contribution in [2.75, 3.05) is 13.4 Å². The van der Waals surface area contributed by atoms with Gasteiger partial charge in [-0.25, -0.2) is 4.39 Å². The highest BCUT2D eigenvalue weighted by molar-refractivity contribution is 5.95. The molecule has 2 aliphatic heterocycles. The molecule has 2 aromatic rings. The molecular formula is C23H23FN2O6. The number of hydrogen-bond acceptors (Lipinski definition) is 6. The molecule has 0 aliphatic carbocycles. The van der Waals surface area contributed by atoms with Crippen LogP contribution in [0.4, 0.5) is 4.39 Å². The van der Waals surface area contributed by atoms with Gasteiger partial charge in [0, 0.05) is 12.1 Å². The number of fused-ring (bicyclic) bond motifs is 1. The van der Waals surface area contributed by atoms with Gasteiger partial charge >= 0.3 is 0 Å². The second-order valence-electron chi connectivity index (χ2n) is 7.46. The molecule has 0 bridgehead atoms. The summed E-state index contributed by atoms with van der Waals surface area (Å²) in [6, 6.07) is 10.2. The van der Waals surface area contributed by atoms with E-state index in [2.05, 4.69) is 10.6 Å². The highest BCUT2D eigenvalue weighted by Gasteiger charge is 2.29. The summed E-state index contributed by atoms with van der Waals surface area (Å²) >= 11 is 0. The predicted molar refractivity (Wildman–Crippen MR) is 112 cm³/mol. The number of ether oxygens (including phenoxy) is 3. The number of carbonyl (C=O) groups is 2. The maximum atomic E-state index is 13.0. The molecule has 3 atom stereocenters. The van der Waals surface area contributed by atoms with Crippen molar-refractivity contribution in [1.82, 2.24) is 10.6 Å². The highest BCUT2D eigenvalue weighted by atomic mass is 19.1. The summed E-state index contributed by atoms with van der Waals surface area (Å²) in [6.45, 7) is 0.0579. The second kappa shape index (κ2) is 9.80. The zero-order valence-corrected chi connectivity index (χ0v) is 17.1. The number of rotatable bonds is 7. The van der Waals surface area contributed by atoms with Gasteiger partial charge in [0.2, 0.25) is 12.7 Å². The largest absolute Gasteiger partial charge is 0.454 e. The molecule has 0 spiro atoms. The van der Waals surface area contributed by atoms with E-state index >= 15 is 0 Å². The van der Waals surface area contributed by atoms with Gasteiger partial charge in [-0.2, -0.15) is 0 Å². The van der Waals surface area contributed by atoms with Gasteiger partial charge in [0.05, 0.1) is 25.2 Å². The lowest BCUT2D eigenvalue weighted by Gasteiger charge is -2.31. The van der Waals surface area contributed by atoms with Crippen LogP contribution >= 0.6 is 0 Å². The Balaban J connectivity index is 1.30. The SMILES string of the molecule is O=C(C[C@@H]1C=C[C@@H](NC(=O)c2ccc3c(c2)OCO3)[C@H](CO)O1)NCc1ccc(F)cc1. The van der Waals surface area contributed by atoms with Crippen molar-refractivity contribution in [3.8, 4) is 11.5 Å². The average Bonchev–Trinajstić information content (AvgIpc) is 3.27. The minimum Gasteiger partial charge on any atom is -0.454 e. The number of carbonyl (C=O) groups excluding carboxylic acids is 2. The molecule has 4 rings (SSSR count). The summed E-state index contributed by atoms with van der Waals surface area (Å²) in [4.78, 5) is 24.8. The number of halogens is 1. The normalized spacial score (nSPS) is 21.2. The molecule has 32 heavy (non-hydrogen) atoms. The first-order valence-corrected chi connectivity index (χ1v) is 10.2. The molecule has 168 valence electrons. The Morgan fingerprint density at radius 3 is 2.62 bits per heavy atom. The zero-order valence-electron chi connectivity index (χ0n) is 17.1. The number of aliphatic hydroxyl groups is 1. The summed E-state index contributed by atoms with van der Waals surface area (Å²) in [5.41, 5.74) is 1.17. The van der Waals surface area contributed by atoms with Crippen molar-refractivity contribution < 1.29 is 33.3 Å². The van der Waals surface area contributed by atoms with Gasteiger partial charge in [-0.05, 0) is 35.9 Å². The van der Waals surface area contributed by atoms with Gasteiger partial charge < -0.3 is 30.0 Å². The van der Waals surface area contributed by atoms with Crippen LogP contribution in [-0.2, 0) is 16.1 Å². The maximum absolute atomic E-state index is 13.0. The molecule has 0 unspecified atom stereocenters. The molecule has 0 saturated heterocycles. The fraction of sp³-hybridized carbons (Fsp3) is 0.304. The molecular weight excluding hydrogens is 419 g/mol. The van der Waals surface area contributed by atoms with Gasteiger partial charge in [-0.15, -0.1) is 0 Å². The lowest BCUT2D eigenvalue weighted by Crippen LogP contribution is -2.49. The third-order valence-corrected chi connectivity index (χ3v) is 5.19. The minimum absolute atomic E-state index is 0.0526. The summed E-state index contributed by atoms with van der Waals surface area (Å²) in [6.07, 6.45) is 2.21. The van der Waals surface area contributed by atoms with E-state index < -0.39 is 18.2 Å². The molecule has 3 N–H and O–H groups in total. The molecule has 2 aromatic carbocycles. The first kappa shape index (κ1) is 21.8. The summed E-state index contributed by atoms with van der Waals surface area (Å²) in [5, 5.41) is 15.3. The van der Waals surface area contributed by atoms with E-state index in [-0.39, 0.29) is 44.0 Å². The van der Waals surface area contributed by atoms with E-state index in [0.717, 1.165) is 5.56 Å². The van der Waals surface area contributed by atoms with E-state index in [9.17, 15) is 19.1 Å². The fourth-order valence-electron chi connectivity index (χ4n) is 3.47. The van der Waals surface area contributed by atoms with Crippen LogP contribution in [-0.4, -0.2) is 48.6 Å². The van der Waals surface area contributed by atoms with Crippen LogP contribution in [0.2, 0.25) is 0 Å². The van der Waals surface area contributed by atoms with E-state index in [1.165, 1.54) is 12.1 Å². The van der Waals surface area contributed by atoms with Gasteiger partial charge in [-0.1, -0.05) is 24.3 Å². The lowest BCUT2D eigenvalue weighted by atomic mass is 10.0. The van der Waals surface area contributed by atoms with Crippen LogP contribution in [0.5, 0.6) is 11.5 Å². The average molecular weight is 442 g/mol. The van der Waals surface area contributed by atoms with Crippen molar-refractivity contribution in [1.29, 1.82) is 0 Å². The molecule has 2 heterocycles. The van der Waals surface area contributed by atoms with Crippen LogP contribution in [0, 0.1) is 5.82 Å². The van der Waals surface area contributed by atoms with Crippen LogP contribution < -0.4 is 20.1 Å². The Bertz CT molecular complexity index is 1010. The third kappa shape index (κ3) is 5.24. The second-order valence-corrected chi connectivity index (χ2v) is 7.46. The smallest absolute Gasteiger partial charge is 0.251 e. The van der Waals surface area contributed by atoms with E-state index in [4.69, 9.17) is 14.2 Å². The number of amides is 2. The summed E-state index contributed by atoms with van der Waals surface area (Å²) in [5.74, 6) is 0.143. The van der Waals surface area contributed by atoms with Crippen LogP contribution in [0.1, 0.15) is 22.3 Å². The van der Waals surface area contributed by atoms with E-state index in [0.29, 0.717) is 17.1 Å². The van der Waals surface area contributed by atoms with Crippen LogP contribution in [0.25, 0.3) is 0 Å².